The predicted octanol–water partition coefficient (Wildman–Crippen LogP) is 3.49. The van der Waals surface area contributed by atoms with E-state index in [0.29, 0.717) is 17.8 Å². The maximum Gasteiger partial charge on any atom is 0.338 e. The molecule has 35 heavy (non-hydrogen) atoms. The number of anilines is 1. The molecule has 2 aromatic carbocycles. The largest absolute Gasteiger partial charge is 0.454 e. The Kier molecular flexibility index (Phi) is 6.77. The fraction of sp³-hybridized carbons (Fsp3) is 0.231. The zero-order valence-electron chi connectivity index (χ0n) is 19.3. The van der Waals surface area contributed by atoms with Gasteiger partial charge in [-0.25, -0.2) is 14.2 Å². The van der Waals surface area contributed by atoms with Crippen LogP contribution in [0.25, 0.3) is 0 Å². The molecular weight excluding hydrogens is 453 g/mol. The summed E-state index contributed by atoms with van der Waals surface area (Å²) in [5.74, 6) is -1.84. The lowest BCUT2D eigenvalue weighted by atomic mass is 10.1. The molecule has 0 unspecified atom stereocenters. The highest BCUT2D eigenvalue weighted by atomic mass is 19.1. The minimum absolute atomic E-state index is 0.113. The van der Waals surface area contributed by atoms with Crippen LogP contribution in [0.1, 0.15) is 50.5 Å². The third-order valence-corrected chi connectivity index (χ3v) is 5.88. The van der Waals surface area contributed by atoms with Crippen molar-refractivity contribution >= 4 is 29.3 Å². The number of carbonyl (C=O) groups excluding carboxylic acids is 4. The highest BCUT2D eigenvalue weighted by Crippen LogP contribution is 2.20. The normalized spacial score (nSPS) is 13.5. The molecule has 2 heterocycles. The van der Waals surface area contributed by atoms with Crippen molar-refractivity contribution < 1.29 is 28.3 Å². The van der Waals surface area contributed by atoms with Crippen LogP contribution in [0.15, 0.2) is 54.6 Å². The minimum atomic E-state index is -0.681. The van der Waals surface area contributed by atoms with Gasteiger partial charge in [0.05, 0.1) is 11.3 Å². The number of aromatic nitrogens is 1. The quantitative estimate of drug-likeness (QED) is 0.415. The molecule has 1 aliphatic heterocycles. The van der Waals surface area contributed by atoms with Crippen LogP contribution in [-0.4, -0.2) is 34.7 Å². The molecule has 0 atom stereocenters. The van der Waals surface area contributed by atoms with Gasteiger partial charge in [0.25, 0.3) is 0 Å². The Morgan fingerprint density at radius 1 is 1.00 bits per heavy atom. The number of nitrogens with one attached hydrogen (secondary N) is 1. The van der Waals surface area contributed by atoms with E-state index in [1.165, 1.54) is 36.4 Å². The second-order valence-electron chi connectivity index (χ2n) is 8.31. The van der Waals surface area contributed by atoms with Crippen LogP contribution in [0.3, 0.4) is 0 Å². The van der Waals surface area contributed by atoms with Crippen molar-refractivity contribution in [3.8, 4) is 0 Å². The van der Waals surface area contributed by atoms with Crippen molar-refractivity contribution in [3.63, 3.8) is 0 Å². The summed E-state index contributed by atoms with van der Waals surface area (Å²) in [5, 5.41) is 1.15. The van der Waals surface area contributed by atoms with Crippen LogP contribution >= 0.6 is 0 Å². The predicted molar refractivity (Wildman–Crippen MR) is 125 cm³/mol. The number of ether oxygens (including phenoxy) is 1. The third-order valence-electron chi connectivity index (χ3n) is 5.88. The molecule has 180 valence electrons. The molecular formula is C26H24FN3O5. The van der Waals surface area contributed by atoms with E-state index in [9.17, 15) is 23.6 Å². The van der Waals surface area contributed by atoms with Gasteiger partial charge in [0, 0.05) is 36.3 Å². The van der Waals surface area contributed by atoms with Gasteiger partial charge in [0.2, 0.25) is 17.6 Å². The summed E-state index contributed by atoms with van der Waals surface area (Å²) in [6, 6.07) is 13.9. The second-order valence-corrected chi connectivity index (χ2v) is 8.31. The number of hydrogen-bond donors (Lipinski definition) is 1. The smallest absolute Gasteiger partial charge is 0.338 e. The summed E-state index contributed by atoms with van der Waals surface area (Å²) >= 11 is 0. The van der Waals surface area contributed by atoms with Crippen molar-refractivity contribution in [1.82, 2.24) is 9.99 Å². The topological polar surface area (TPSA) is 97.7 Å². The van der Waals surface area contributed by atoms with Gasteiger partial charge in [-0.05, 0) is 61.9 Å². The Labute approximate surface area is 201 Å². The fourth-order valence-electron chi connectivity index (χ4n) is 3.92. The molecule has 0 saturated carbocycles. The molecule has 0 spiro atoms. The van der Waals surface area contributed by atoms with Crippen LogP contribution < -0.4 is 10.4 Å². The number of nitrogens with zero attached hydrogens (tertiary/aromatic N) is 2. The number of hydrogen-bond acceptors (Lipinski definition) is 5. The minimum Gasteiger partial charge on any atom is -0.454 e. The summed E-state index contributed by atoms with van der Waals surface area (Å²) in [6.45, 7) is 3.74. The molecule has 0 bridgehead atoms. The Balaban J connectivity index is 1.38. The van der Waals surface area contributed by atoms with Crippen molar-refractivity contribution in [2.45, 2.75) is 33.2 Å². The molecule has 3 aromatic rings. The number of ketones is 1. The van der Waals surface area contributed by atoms with Gasteiger partial charge >= 0.3 is 5.97 Å². The van der Waals surface area contributed by atoms with Gasteiger partial charge in [0.1, 0.15) is 5.82 Å². The van der Waals surface area contributed by atoms with Crippen LogP contribution in [0.2, 0.25) is 0 Å². The second kappa shape index (κ2) is 9.92. The highest BCUT2D eigenvalue weighted by molar-refractivity contribution is 6.02. The molecule has 1 aromatic heterocycles. The molecule has 4 rings (SSSR count). The molecule has 2 amide bonds. The van der Waals surface area contributed by atoms with E-state index >= 15 is 0 Å². The van der Waals surface area contributed by atoms with Gasteiger partial charge < -0.3 is 9.30 Å². The summed E-state index contributed by atoms with van der Waals surface area (Å²) < 4.78 is 20.3. The summed E-state index contributed by atoms with van der Waals surface area (Å²) in [5.41, 5.74) is 6.04. The lowest BCUT2D eigenvalue weighted by Gasteiger charge is -2.27. The van der Waals surface area contributed by atoms with E-state index in [4.69, 9.17) is 4.74 Å². The zero-order valence-corrected chi connectivity index (χ0v) is 19.3. The van der Waals surface area contributed by atoms with Crippen molar-refractivity contribution in [1.29, 1.82) is 0 Å². The third kappa shape index (κ3) is 5.29. The molecule has 0 radical (unpaired) electrons. The first kappa shape index (κ1) is 23.9. The maximum absolute atomic E-state index is 13.2. The lowest BCUT2D eigenvalue weighted by molar-refractivity contribution is -0.130. The highest BCUT2D eigenvalue weighted by Gasteiger charge is 2.24. The summed E-state index contributed by atoms with van der Waals surface area (Å²) in [4.78, 5) is 48.8. The zero-order chi connectivity index (χ0) is 25.1. The van der Waals surface area contributed by atoms with E-state index in [-0.39, 0.29) is 41.8 Å². The van der Waals surface area contributed by atoms with Gasteiger partial charge in [-0.2, -0.15) is 0 Å². The van der Waals surface area contributed by atoms with E-state index in [0.717, 1.165) is 22.0 Å². The number of amides is 2. The number of benzene rings is 2. The summed E-state index contributed by atoms with van der Waals surface area (Å²) in [6.07, 6.45) is 0.255. The Morgan fingerprint density at radius 2 is 1.69 bits per heavy atom. The van der Waals surface area contributed by atoms with Gasteiger partial charge in [0.15, 0.2) is 6.61 Å². The molecule has 1 saturated heterocycles. The van der Waals surface area contributed by atoms with E-state index in [1.807, 2.05) is 18.4 Å². The molecule has 9 heteroatoms. The van der Waals surface area contributed by atoms with Gasteiger partial charge in [-0.3, -0.25) is 19.8 Å². The Morgan fingerprint density at radius 3 is 2.37 bits per heavy atom. The number of carbonyl (C=O) groups is 4. The average Bonchev–Trinajstić information content (AvgIpc) is 3.13. The first-order chi connectivity index (χ1) is 16.7. The molecule has 8 nitrogen and oxygen atoms in total. The lowest BCUT2D eigenvalue weighted by Crippen LogP contribution is -2.50. The molecule has 0 aliphatic carbocycles. The average molecular weight is 477 g/mol. The maximum atomic E-state index is 13.2. The Hall–Kier alpha value is -4.27. The number of Topliss-reactive ketones (excluding diaryl/α,β-unsaturated/α-hetero) is 1. The number of aryl methyl sites for hydroxylation is 1. The van der Waals surface area contributed by atoms with Crippen LogP contribution in [0.4, 0.5) is 10.1 Å². The van der Waals surface area contributed by atoms with Crippen molar-refractivity contribution in [2.24, 2.45) is 0 Å². The van der Waals surface area contributed by atoms with Crippen LogP contribution in [0.5, 0.6) is 0 Å². The van der Waals surface area contributed by atoms with E-state index in [2.05, 4.69) is 5.43 Å². The molecule has 1 aliphatic rings. The Bertz CT molecular complexity index is 1300. The van der Waals surface area contributed by atoms with Crippen molar-refractivity contribution in [2.75, 3.05) is 11.6 Å². The van der Waals surface area contributed by atoms with Crippen LogP contribution in [0, 0.1) is 19.7 Å². The standard InChI is InChI=1S/C26H24FN3O5/c1-16-13-22(17(2)29(16)14-18-3-7-20(27)8-4-18)23(31)15-35-26(34)19-5-9-21(10-6-19)30-25(33)12-11-24(32)28-30/h3-10,13H,11-12,14-15H2,1-2H3,(H,28,32). The number of halogens is 1. The monoisotopic (exact) mass is 477 g/mol. The van der Waals surface area contributed by atoms with Crippen LogP contribution in [-0.2, 0) is 20.9 Å². The van der Waals surface area contributed by atoms with Gasteiger partial charge in [-0.1, -0.05) is 12.1 Å². The summed E-state index contributed by atoms with van der Waals surface area (Å²) in [7, 11) is 0. The number of esters is 1. The van der Waals surface area contributed by atoms with Crippen molar-refractivity contribution in [3.05, 3.63) is 88.5 Å². The fourth-order valence-corrected chi connectivity index (χ4v) is 3.92. The SMILES string of the molecule is Cc1cc(C(=O)COC(=O)c2ccc(N3NC(=O)CCC3=O)cc2)c(C)n1Cc1ccc(F)cc1. The first-order valence-electron chi connectivity index (χ1n) is 11.1. The van der Waals surface area contributed by atoms with Gasteiger partial charge in [-0.15, -0.1) is 0 Å². The first-order valence-corrected chi connectivity index (χ1v) is 11.1. The number of hydrazine groups is 1. The number of rotatable bonds is 7. The van der Waals surface area contributed by atoms with E-state index < -0.39 is 12.6 Å². The molecule has 1 fully saturated rings. The van der Waals surface area contributed by atoms with E-state index in [1.54, 1.807) is 18.2 Å². The molecule has 1 N–H and O–H groups in total.